The van der Waals surface area contributed by atoms with E-state index in [0.717, 1.165) is 16.7 Å². The van der Waals surface area contributed by atoms with E-state index in [-0.39, 0.29) is 11.9 Å². The lowest BCUT2D eigenvalue weighted by Gasteiger charge is -2.13. The number of amides is 1. The smallest absolute Gasteiger partial charge is 0.288 e. The zero-order valence-corrected chi connectivity index (χ0v) is 12.2. The molecule has 0 fully saturated rings. The van der Waals surface area contributed by atoms with Crippen LogP contribution in [0.25, 0.3) is 11.1 Å². The normalized spacial score (nSPS) is 11.9. The molecule has 0 saturated heterocycles. The van der Waals surface area contributed by atoms with Crippen molar-refractivity contribution in [2.24, 2.45) is 0 Å². The van der Waals surface area contributed by atoms with Crippen LogP contribution in [0, 0.1) is 0 Å². The number of nitrogens with zero attached hydrogens (tertiary/aromatic N) is 1. The first kappa shape index (κ1) is 14.1. The number of hydrogen-bond donors (Lipinski definition) is 1. The summed E-state index contributed by atoms with van der Waals surface area (Å²) in [6.07, 6.45) is 4.98. The summed E-state index contributed by atoms with van der Waals surface area (Å²) < 4.78 is 5.39. The standard InChI is InChI=1S/C18H16N2O2/c1-13(15-8-5-10-19-12-15)20-18(21)17-16(9-11-22-17)14-6-3-2-4-7-14/h2-13H,1H3,(H,20,21)/t13-/m0/s1. The van der Waals surface area contributed by atoms with Crippen LogP contribution in [0.1, 0.15) is 29.1 Å². The van der Waals surface area contributed by atoms with Crippen molar-refractivity contribution >= 4 is 5.91 Å². The van der Waals surface area contributed by atoms with Crippen LogP contribution in [0.2, 0.25) is 0 Å². The lowest BCUT2D eigenvalue weighted by Crippen LogP contribution is -2.26. The molecule has 4 heteroatoms. The molecule has 1 aromatic carbocycles. The van der Waals surface area contributed by atoms with Gasteiger partial charge in [-0.3, -0.25) is 9.78 Å². The van der Waals surface area contributed by atoms with E-state index in [1.54, 1.807) is 18.5 Å². The molecule has 0 spiro atoms. The summed E-state index contributed by atoms with van der Waals surface area (Å²) in [5.74, 6) is 0.0853. The van der Waals surface area contributed by atoms with Crippen LogP contribution in [0.3, 0.4) is 0 Å². The molecule has 0 radical (unpaired) electrons. The van der Waals surface area contributed by atoms with E-state index in [0.29, 0.717) is 5.76 Å². The highest BCUT2D eigenvalue weighted by Crippen LogP contribution is 2.25. The van der Waals surface area contributed by atoms with Gasteiger partial charge < -0.3 is 9.73 Å². The first-order valence-corrected chi connectivity index (χ1v) is 7.09. The minimum Gasteiger partial charge on any atom is -0.459 e. The highest BCUT2D eigenvalue weighted by Gasteiger charge is 2.19. The van der Waals surface area contributed by atoms with Gasteiger partial charge in [0.15, 0.2) is 5.76 Å². The minimum absolute atomic E-state index is 0.144. The molecule has 0 unspecified atom stereocenters. The lowest BCUT2D eigenvalue weighted by molar-refractivity contribution is 0.0912. The maximum absolute atomic E-state index is 12.5. The predicted octanol–water partition coefficient (Wildman–Crippen LogP) is 3.83. The molecular formula is C18H16N2O2. The van der Waals surface area contributed by atoms with Crippen LogP contribution in [0.4, 0.5) is 0 Å². The predicted molar refractivity (Wildman–Crippen MR) is 84.3 cm³/mol. The van der Waals surface area contributed by atoms with Gasteiger partial charge in [-0.15, -0.1) is 0 Å². The van der Waals surface area contributed by atoms with Crippen LogP contribution in [0.15, 0.2) is 71.6 Å². The number of furan rings is 1. The van der Waals surface area contributed by atoms with E-state index in [4.69, 9.17) is 4.42 Å². The van der Waals surface area contributed by atoms with Gasteiger partial charge in [0.1, 0.15) is 0 Å². The van der Waals surface area contributed by atoms with E-state index < -0.39 is 0 Å². The highest BCUT2D eigenvalue weighted by molar-refractivity contribution is 5.98. The van der Waals surface area contributed by atoms with Gasteiger partial charge in [-0.05, 0) is 30.2 Å². The third-order valence-corrected chi connectivity index (χ3v) is 3.49. The summed E-state index contributed by atoms with van der Waals surface area (Å²) in [4.78, 5) is 16.5. The summed E-state index contributed by atoms with van der Waals surface area (Å²) in [7, 11) is 0. The van der Waals surface area contributed by atoms with Crippen molar-refractivity contribution < 1.29 is 9.21 Å². The van der Waals surface area contributed by atoms with Gasteiger partial charge in [0.05, 0.1) is 12.3 Å². The molecule has 0 aliphatic rings. The van der Waals surface area contributed by atoms with Gasteiger partial charge in [-0.2, -0.15) is 0 Å². The number of carbonyl (C=O) groups is 1. The maximum atomic E-state index is 12.5. The summed E-state index contributed by atoms with van der Waals surface area (Å²) in [5, 5.41) is 2.94. The van der Waals surface area contributed by atoms with Gasteiger partial charge in [0.2, 0.25) is 0 Å². The largest absolute Gasteiger partial charge is 0.459 e. The summed E-state index contributed by atoms with van der Waals surface area (Å²) in [5.41, 5.74) is 2.69. The zero-order chi connectivity index (χ0) is 15.4. The van der Waals surface area contributed by atoms with Gasteiger partial charge in [-0.25, -0.2) is 0 Å². The minimum atomic E-state index is -0.236. The molecule has 2 aromatic heterocycles. The second kappa shape index (κ2) is 6.26. The molecule has 0 aliphatic heterocycles. The third kappa shape index (κ3) is 2.91. The first-order valence-electron chi connectivity index (χ1n) is 7.09. The van der Waals surface area contributed by atoms with Gasteiger partial charge in [0, 0.05) is 18.0 Å². The number of hydrogen-bond acceptors (Lipinski definition) is 3. The Bertz CT molecular complexity index is 751. The summed E-state index contributed by atoms with van der Waals surface area (Å²) >= 11 is 0. The first-order chi connectivity index (χ1) is 10.8. The number of nitrogens with one attached hydrogen (secondary N) is 1. The monoisotopic (exact) mass is 292 g/mol. The quantitative estimate of drug-likeness (QED) is 0.795. The Balaban J connectivity index is 1.81. The molecule has 2 heterocycles. The van der Waals surface area contributed by atoms with Crippen molar-refractivity contribution in [1.82, 2.24) is 10.3 Å². The maximum Gasteiger partial charge on any atom is 0.288 e. The molecule has 110 valence electrons. The molecule has 3 aromatic rings. The Kier molecular flexibility index (Phi) is 4.01. The topological polar surface area (TPSA) is 55.1 Å². The SMILES string of the molecule is C[C@H](NC(=O)c1occc1-c1ccccc1)c1cccnc1. The fourth-order valence-corrected chi connectivity index (χ4v) is 2.31. The van der Waals surface area contributed by atoms with Crippen LogP contribution in [-0.2, 0) is 0 Å². The summed E-state index contributed by atoms with van der Waals surface area (Å²) in [6.45, 7) is 1.92. The highest BCUT2D eigenvalue weighted by atomic mass is 16.3. The van der Waals surface area contributed by atoms with Crippen LogP contribution >= 0.6 is 0 Å². The van der Waals surface area contributed by atoms with E-state index in [2.05, 4.69) is 10.3 Å². The molecule has 0 aliphatic carbocycles. The van der Waals surface area contributed by atoms with Crippen LogP contribution in [0.5, 0.6) is 0 Å². The van der Waals surface area contributed by atoms with Crippen molar-refractivity contribution in [1.29, 1.82) is 0 Å². The number of benzene rings is 1. The molecular weight excluding hydrogens is 276 g/mol. The van der Waals surface area contributed by atoms with Crippen molar-refractivity contribution in [3.63, 3.8) is 0 Å². The zero-order valence-electron chi connectivity index (χ0n) is 12.2. The fourth-order valence-electron chi connectivity index (χ4n) is 2.31. The third-order valence-electron chi connectivity index (χ3n) is 3.49. The molecule has 1 amide bonds. The Labute approximate surface area is 128 Å². The van der Waals surface area contributed by atoms with E-state index >= 15 is 0 Å². The number of pyridine rings is 1. The van der Waals surface area contributed by atoms with Gasteiger partial charge in [-0.1, -0.05) is 36.4 Å². The second-order valence-electron chi connectivity index (χ2n) is 5.01. The Morgan fingerprint density at radius 2 is 1.95 bits per heavy atom. The van der Waals surface area contributed by atoms with Crippen molar-refractivity contribution in [2.45, 2.75) is 13.0 Å². The number of rotatable bonds is 4. The van der Waals surface area contributed by atoms with Gasteiger partial charge >= 0.3 is 0 Å². The Morgan fingerprint density at radius 1 is 1.14 bits per heavy atom. The van der Waals surface area contributed by atoms with E-state index in [1.807, 2.05) is 49.4 Å². The molecule has 4 nitrogen and oxygen atoms in total. The van der Waals surface area contributed by atoms with Crippen LogP contribution < -0.4 is 5.32 Å². The Hall–Kier alpha value is -2.88. The summed E-state index contributed by atoms with van der Waals surface area (Å²) in [6, 6.07) is 15.1. The molecule has 1 N–H and O–H groups in total. The molecule has 22 heavy (non-hydrogen) atoms. The van der Waals surface area contributed by atoms with E-state index in [1.165, 1.54) is 6.26 Å². The van der Waals surface area contributed by atoms with Crippen molar-refractivity contribution in [2.75, 3.05) is 0 Å². The average Bonchev–Trinajstić information content (AvgIpc) is 3.06. The second-order valence-corrected chi connectivity index (χ2v) is 5.01. The number of aromatic nitrogens is 1. The molecule has 0 saturated carbocycles. The Morgan fingerprint density at radius 3 is 2.68 bits per heavy atom. The molecule has 3 rings (SSSR count). The number of carbonyl (C=O) groups excluding carboxylic acids is 1. The average molecular weight is 292 g/mol. The van der Waals surface area contributed by atoms with E-state index in [9.17, 15) is 4.79 Å². The molecule has 1 atom stereocenters. The lowest BCUT2D eigenvalue weighted by atomic mass is 10.1. The molecule has 0 bridgehead atoms. The van der Waals surface area contributed by atoms with Gasteiger partial charge in [0.25, 0.3) is 5.91 Å². The van der Waals surface area contributed by atoms with Crippen molar-refractivity contribution in [3.8, 4) is 11.1 Å². The van der Waals surface area contributed by atoms with Crippen molar-refractivity contribution in [3.05, 3.63) is 78.5 Å². The fraction of sp³-hybridized carbons (Fsp3) is 0.111. The van der Waals surface area contributed by atoms with Crippen LogP contribution in [-0.4, -0.2) is 10.9 Å².